The summed E-state index contributed by atoms with van der Waals surface area (Å²) in [5.41, 5.74) is 3.36. The molecule has 0 spiro atoms. The normalized spacial score (nSPS) is 12.2. The number of carbonyl (C=O) groups excluding carboxylic acids is 1. The summed E-state index contributed by atoms with van der Waals surface area (Å²) in [4.78, 5) is 17.0. The van der Waals surface area contributed by atoms with Crippen LogP contribution in [0.3, 0.4) is 0 Å². The highest BCUT2D eigenvalue weighted by atomic mass is 19.1. The van der Waals surface area contributed by atoms with Gasteiger partial charge >= 0.3 is 0 Å². The van der Waals surface area contributed by atoms with Crippen LogP contribution < -0.4 is 5.32 Å². The van der Waals surface area contributed by atoms with Crippen LogP contribution >= 0.6 is 0 Å². The number of hydrogen-bond acceptors (Lipinski definition) is 2. The van der Waals surface area contributed by atoms with Gasteiger partial charge in [-0.05, 0) is 51.3 Å². The lowest BCUT2D eigenvalue weighted by Crippen LogP contribution is -2.43. The van der Waals surface area contributed by atoms with Crippen LogP contribution in [-0.2, 0) is 0 Å². The van der Waals surface area contributed by atoms with Gasteiger partial charge in [-0.2, -0.15) is 0 Å². The van der Waals surface area contributed by atoms with Crippen LogP contribution in [0.15, 0.2) is 60.3 Å². The molecular weight excluding hydrogens is 351 g/mol. The third-order valence-electron chi connectivity index (χ3n) is 4.75. The Balaban J connectivity index is 1.79. The number of carbonyl (C=O) groups is 1. The summed E-state index contributed by atoms with van der Waals surface area (Å²) in [6.07, 6.45) is 4.29. The van der Waals surface area contributed by atoms with Crippen molar-refractivity contribution in [3.05, 3.63) is 82.8 Å². The van der Waals surface area contributed by atoms with Gasteiger partial charge in [0.25, 0.3) is 5.91 Å². The lowest BCUT2D eigenvalue weighted by atomic mass is 9.93. The number of benzene rings is 2. The van der Waals surface area contributed by atoms with E-state index in [2.05, 4.69) is 35.4 Å². The van der Waals surface area contributed by atoms with Crippen LogP contribution in [-0.4, -0.2) is 16.4 Å². The predicted molar refractivity (Wildman–Crippen MR) is 113 cm³/mol. The van der Waals surface area contributed by atoms with Crippen molar-refractivity contribution in [3.8, 4) is 0 Å². The number of amides is 1. The second-order valence-corrected chi connectivity index (χ2v) is 7.85. The maximum Gasteiger partial charge on any atom is 0.253 e. The average molecular weight is 376 g/mol. The molecule has 4 heteroatoms. The van der Waals surface area contributed by atoms with Crippen molar-refractivity contribution < 1.29 is 9.18 Å². The van der Waals surface area contributed by atoms with E-state index >= 15 is 0 Å². The first-order chi connectivity index (χ1) is 13.3. The average Bonchev–Trinajstić information content (AvgIpc) is 2.62. The van der Waals surface area contributed by atoms with Crippen molar-refractivity contribution in [2.75, 3.05) is 0 Å². The number of halogens is 1. The zero-order valence-electron chi connectivity index (χ0n) is 16.7. The van der Waals surface area contributed by atoms with E-state index in [1.54, 1.807) is 12.1 Å². The van der Waals surface area contributed by atoms with E-state index in [0.717, 1.165) is 11.1 Å². The number of nitrogens with one attached hydrogen (secondary N) is 1. The molecule has 2 aromatic carbocycles. The molecule has 0 bridgehead atoms. The van der Waals surface area contributed by atoms with Crippen LogP contribution in [0.5, 0.6) is 0 Å². The SMILES string of the molecule is C/C(=C/c1ccccc1)CC(C)(C)NC(=O)c1cnc2c(F)cccc2c1C. The fourth-order valence-electron chi connectivity index (χ4n) is 3.55. The molecule has 0 aliphatic heterocycles. The number of pyridine rings is 1. The molecule has 3 nitrogen and oxygen atoms in total. The number of aryl methyl sites for hydroxylation is 1. The first kappa shape index (κ1) is 19.7. The van der Waals surface area contributed by atoms with Gasteiger partial charge in [-0.3, -0.25) is 9.78 Å². The standard InChI is InChI=1S/C24H25FN2O/c1-16(13-18-9-6-5-7-10-18)14-24(3,4)27-23(28)20-15-26-22-19(17(20)2)11-8-12-21(22)25/h5-13,15H,14H2,1-4H3,(H,27,28)/b16-13-. The van der Waals surface area contributed by atoms with Crippen molar-refractivity contribution in [2.45, 2.75) is 39.7 Å². The van der Waals surface area contributed by atoms with E-state index in [1.165, 1.54) is 17.8 Å². The minimum Gasteiger partial charge on any atom is -0.347 e. The zero-order chi connectivity index (χ0) is 20.3. The Kier molecular flexibility index (Phi) is 5.59. The lowest BCUT2D eigenvalue weighted by molar-refractivity contribution is 0.0912. The van der Waals surface area contributed by atoms with Crippen molar-refractivity contribution in [1.82, 2.24) is 10.3 Å². The topological polar surface area (TPSA) is 42.0 Å². The second kappa shape index (κ2) is 7.93. The minimum atomic E-state index is -0.435. The quantitative estimate of drug-likeness (QED) is 0.622. The Morgan fingerprint density at radius 3 is 2.57 bits per heavy atom. The van der Waals surface area contributed by atoms with E-state index in [1.807, 2.05) is 39.0 Å². The molecule has 1 heterocycles. The smallest absolute Gasteiger partial charge is 0.253 e. The van der Waals surface area contributed by atoms with Crippen molar-refractivity contribution in [2.24, 2.45) is 0 Å². The fourth-order valence-corrected chi connectivity index (χ4v) is 3.55. The molecule has 0 saturated heterocycles. The number of rotatable bonds is 5. The maximum atomic E-state index is 13.9. The monoisotopic (exact) mass is 376 g/mol. The summed E-state index contributed by atoms with van der Waals surface area (Å²) in [6, 6.07) is 14.9. The van der Waals surface area contributed by atoms with Crippen molar-refractivity contribution in [3.63, 3.8) is 0 Å². The molecule has 1 N–H and O–H groups in total. The second-order valence-electron chi connectivity index (χ2n) is 7.85. The van der Waals surface area contributed by atoms with Crippen LogP contribution in [0.1, 0.15) is 48.7 Å². The Labute approximate surface area is 165 Å². The van der Waals surface area contributed by atoms with E-state index in [4.69, 9.17) is 0 Å². The van der Waals surface area contributed by atoms with E-state index in [-0.39, 0.29) is 17.2 Å². The zero-order valence-corrected chi connectivity index (χ0v) is 16.7. The first-order valence-corrected chi connectivity index (χ1v) is 9.35. The van der Waals surface area contributed by atoms with Crippen molar-refractivity contribution in [1.29, 1.82) is 0 Å². The molecule has 3 rings (SSSR count). The van der Waals surface area contributed by atoms with Gasteiger partial charge in [-0.15, -0.1) is 0 Å². The third-order valence-corrected chi connectivity index (χ3v) is 4.75. The summed E-state index contributed by atoms with van der Waals surface area (Å²) in [5.74, 6) is -0.580. The molecule has 0 radical (unpaired) electrons. The number of hydrogen-bond donors (Lipinski definition) is 1. The van der Waals surface area contributed by atoms with Gasteiger partial charge in [0, 0.05) is 17.1 Å². The fraction of sp³-hybridized carbons (Fsp3) is 0.250. The number of nitrogens with zero attached hydrogens (tertiary/aromatic N) is 1. The van der Waals surface area contributed by atoms with Gasteiger partial charge in [-0.1, -0.05) is 54.1 Å². The van der Waals surface area contributed by atoms with E-state index in [0.29, 0.717) is 17.4 Å². The van der Waals surface area contributed by atoms with Gasteiger partial charge in [-0.25, -0.2) is 4.39 Å². The van der Waals surface area contributed by atoms with Gasteiger partial charge in [0.1, 0.15) is 11.3 Å². The number of para-hydroxylation sites is 1. The third kappa shape index (κ3) is 4.45. The molecule has 0 saturated carbocycles. The number of aromatic nitrogens is 1. The summed E-state index contributed by atoms with van der Waals surface area (Å²) in [5, 5.41) is 3.75. The van der Waals surface area contributed by atoms with Crippen LogP contribution in [0.25, 0.3) is 17.0 Å². The summed E-state index contributed by atoms with van der Waals surface area (Å²) in [6.45, 7) is 7.88. The summed E-state index contributed by atoms with van der Waals surface area (Å²) in [7, 11) is 0. The molecule has 0 unspecified atom stereocenters. The minimum absolute atomic E-state index is 0.200. The highest BCUT2D eigenvalue weighted by molar-refractivity contribution is 6.00. The Bertz CT molecular complexity index is 1040. The van der Waals surface area contributed by atoms with Crippen molar-refractivity contribution >= 4 is 22.9 Å². The molecule has 1 amide bonds. The Hall–Kier alpha value is -3.01. The van der Waals surface area contributed by atoms with E-state index < -0.39 is 5.54 Å². The van der Waals surface area contributed by atoms with Gasteiger partial charge in [0.05, 0.1) is 5.56 Å². The highest BCUT2D eigenvalue weighted by Crippen LogP contribution is 2.23. The van der Waals surface area contributed by atoms with Crippen LogP contribution in [0.4, 0.5) is 4.39 Å². The molecular formula is C24H25FN2O. The molecule has 0 aliphatic rings. The molecule has 3 aromatic rings. The van der Waals surface area contributed by atoms with Gasteiger partial charge in [0.15, 0.2) is 0 Å². The lowest BCUT2D eigenvalue weighted by Gasteiger charge is -2.27. The Morgan fingerprint density at radius 2 is 1.86 bits per heavy atom. The van der Waals surface area contributed by atoms with E-state index in [9.17, 15) is 9.18 Å². The molecule has 0 atom stereocenters. The largest absolute Gasteiger partial charge is 0.347 e. The van der Waals surface area contributed by atoms with Gasteiger partial charge in [0.2, 0.25) is 0 Å². The predicted octanol–water partition coefficient (Wildman–Crippen LogP) is 5.68. The van der Waals surface area contributed by atoms with Gasteiger partial charge < -0.3 is 5.32 Å². The molecule has 28 heavy (non-hydrogen) atoms. The Morgan fingerprint density at radius 1 is 1.14 bits per heavy atom. The number of fused-ring (bicyclic) bond motifs is 1. The summed E-state index contributed by atoms with van der Waals surface area (Å²) < 4.78 is 13.9. The molecule has 0 fully saturated rings. The maximum absolute atomic E-state index is 13.9. The highest BCUT2D eigenvalue weighted by Gasteiger charge is 2.23. The van der Waals surface area contributed by atoms with Crippen LogP contribution in [0, 0.1) is 12.7 Å². The van der Waals surface area contributed by atoms with Crippen LogP contribution in [0.2, 0.25) is 0 Å². The first-order valence-electron chi connectivity index (χ1n) is 9.35. The summed E-state index contributed by atoms with van der Waals surface area (Å²) >= 11 is 0. The molecule has 0 aliphatic carbocycles. The molecule has 1 aromatic heterocycles. The molecule has 144 valence electrons.